The average Bonchev–Trinajstić information content (AvgIpc) is 2.63. The highest BCUT2D eigenvalue weighted by atomic mass is 35.5. The zero-order valence-corrected chi connectivity index (χ0v) is 11.4. The van der Waals surface area contributed by atoms with Crippen LogP contribution in [0.15, 0.2) is 29.3 Å². The van der Waals surface area contributed by atoms with Crippen molar-refractivity contribution in [3.8, 4) is 0 Å². The molecule has 104 valence electrons. The van der Waals surface area contributed by atoms with Crippen molar-refractivity contribution in [2.24, 2.45) is 0 Å². The summed E-state index contributed by atoms with van der Waals surface area (Å²) in [5.74, 6) is -0.984. The highest BCUT2D eigenvalue weighted by Crippen LogP contribution is 2.32. The molecule has 0 saturated carbocycles. The largest absolute Gasteiger partial charge is 0.274 e. The van der Waals surface area contributed by atoms with E-state index < -0.39 is 16.7 Å². The minimum absolute atomic E-state index is 0.0901. The summed E-state index contributed by atoms with van der Waals surface area (Å²) in [5, 5.41) is 10.4. The number of non-ortho nitro benzene ring substituents is 1. The zero-order chi connectivity index (χ0) is 14.9. The first-order valence-corrected chi connectivity index (χ1v) is 6.36. The summed E-state index contributed by atoms with van der Waals surface area (Å²) in [4.78, 5) is 35.2. The fraction of sp³-hybridized carbons (Fsp3) is 0.231. The summed E-state index contributed by atoms with van der Waals surface area (Å²) in [5.41, 5.74) is 0.408. The number of hydrogen-bond donors (Lipinski definition) is 0. The second-order valence-corrected chi connectivity index (χ2v) is 4.63. The normalized spacial score (nSPS) is 15.2. The molecule has 0 atom stereocenters. The van der Waals surface area contributed by atoms with Crippen LogP contribution in [0.1, 0.15) is 18.9 Å². The number of hydrogen-bond acceptors (Lipinski definition) is 4. The summed E-state index contributed by atoms with van der Waals surface area (Å²) in [6.07, 6.45) is 0.634. The molecule has 0 bridgehead atoms. The lowest BCUT2D eigenvalue weighted by Gasteiger charge is -2.12. The molecule has 1 aromatic carbocycles. The van der Waals surface area contributed by atoms with Gasteiger partial charge in [0.15, 0.2) is 0 Å². The van der Waals surface area contributed by atoms with E-state index >= 15 is 0 Å². The van der Waals surface area contributed by atoms with Crippen LogP contribution >= 0.6 is 11.6 Å². The van der Waals surface area contributed by atoms with Crippen LogP contribution in [-0.2, 0) is 9.59 Å². The van der Waals surface area contributed by atoms with E-state index in [0.717, 1.165) is 4.90 Å². The molecule has 0 N–H and O–H groups in total. The lowest BCUT2D eigenvalue weighted by molar-refractivity contribution is -0.384. The van der Waals surface area contributed by atoms with E-state index in [4.69, 9.17) is 11.6 Å². The fourth-order valence-corrected chi connectivity index (χ4v) is 2.27. The molecule has 20 heavy (non-hydrogen) atoms. The Morgan fingerprint density at radius 2 is 1.80 bits per heavy atom. The molecule has 7 heteroatoms. The van der Waals surface area contributed by atoms with Crippen LogP contribution in [0, 0.1) is 10.1 Å². The first-order valence-electron chi connectivity index (χ1n) is 5.98. The number of halogens is 1. The number of amides is 2. The minimum atomic E-state index is -0.537. The number of rotatable bonds is 4. The molecule has 0 fully saturated rings. The molecule has 1 aliphatic rings. The van der Waals surface area contributed by atoms with Crippen LogP contribution in [0.4, 0.5) is 5.69 Å². The Bertz CT molecular complexity index is 622. The Morgan fingerprint density at radius 3 is 2.30 bits per heavy atom. The van der Waals surface area contributed by atoms with Gasteiger partial charge in [0.1, 0.15) is 5.03 Å². The van der Waals surface area contributed by atoms with Crippen LogP contribution in [0.2, 0.25) is 0 Å². The predicted octanol–water partition coefficient (Wildman–Crippen LogP) is 2.32. The molecule has 0 aliphatic carbocycles. The summed E-state index contributed by atoms with van der Waals surface area (Å²) in [6, 6.07) is 5.37. The van der Waals surface area contributed by atoms with Crippen molar-refractivity contribution in [2.75, 3.05) is 6.54 Å². The maximum absolute atomic E-state index is 12.2. The van der Waals surface area contributed by atoms with Gasteiger partial charge in [0, 0.05) is 18.7 Å². The number of imide groups is 1. The number of carbonyl (C=O) groups is 2. The van der Waals surface area contributed by atoms with E-state index in [-0.39, 0.29) is 16.3 Å². The van der Waals surface area contributed by atoms with Crippen molar-refractivity contribution in [1.29, 1.82) is 0 Å². The lowest BCUT2D eigenvalue weighted by atomic mass is 10.1. The fourth-order valence-electron chi connectivity index (χ4n) is 1.97. The van der Waals surface area contributed by atoms with Gasteiger partial charge in [-0.25, -0.2) is 0 Å². The van der Waals surface area contributed by atoms with Gasteiger partial charge in [-0.2, -0.15) is 0 Å². The third kappa shape index (κ3) is 2.30. The number of benzene rings is 1. The summed E-state index contributed by atoms with van der Waals surface area (Å²) >= 11 is 5.92. The molecule has 6 nitrogen and oxygen atoms in total. The summed E-state index contributed by atoms with van der Waals surface area (Å²) in [7, 11) is 0. The molecule has 0 saturated heterocycles. The van der Waals surface area contributed by atoms with E-state index in [1.54, 1.807) is 0 Å². The molecule has 1 aliphatic heterocycles. The van der Waals surface area contributed by atoms with Crippen molar-refractivity contribution >= 4 is 34.7 Å². The smallest absolute Gasteiger partial charge is 0.273 e. The van der Waals surface area contributed by atoms with Gasteiger partial charge < -0.3 is 0 Å². The van der Waals surface area contributed by atoms with Crippen LogP contribution in [0.25, 0.3) is 5.57 Å². The van der Waals surface area contributed by atoms with Crippen molar-refractivity contribution in [2.45, 2.75) is 13.3 Å². The molecule has 0 spiro atoms. The van der Waals surface area contributed by atoms with Gasteiger partial charge >= 0.3 is 0 Å². The number of nitro groups is 1. The standard InChI is InChI=1S/C13H11ClN2O4/c1-2-7-15-12(17)10(11(14)13(15)18)8-3-5-9(6-4-8)16(19)20/h3-6H,2,7H2,1H3. The van der Waals surface area contributed by atoms with E-state index in [9.17, 15) is 19.7 Å². The number of nitrogens with zero attached hydrogens (tertiary/aromatic N) is 2. The van der Waals surface area contributed by atoms with Gasteiger partial charge in [-0.15, -0.1) is 0 Å². The summed E-state index contributed by atoms with van der Waals surface area (Å²) < 4.78 is 0. The Morgan fingerprint density at radius 1 is 1.20 bits per heavy atom. The predicted molar refractivity (Wildman–Crippen MR) is 72.9 cm³/mol. The summed E-state index contributed by atoms with van der Waals surface area (Å²) in [6.45, 7) is 2.14. The first kappa shape index (κ1) is 14.2. The van der Waals surface area contributed by atoms with Crippen molar-refractivity contribution in [1.82, 2.24) is 4.90 Å². The van der Waals surface area contributed by atoms with Gasteiger partial charge in [0.2, 0.25) is 0 Å². The topological polar surface area (TPSA) is 80.5 Å². The monoisotopic (exact) mass is 294 g/mol. The third-order valence-electron chi connectivity index (χ3n) is 2.93. The second-order valence-electron chi connectivity index (χ2n) is 4.25. The lowest BCUT2D eigenvalue weighted by Crippen LogP contribution is -2.31. The molecule has 2 rings (SSSR count). The van der Waals surface area contributed by atoms with Gasteiger partial charge in [0.05, 0.1) is 10.5 Å². The van der Waals surface area contributed by atoms with Crippen LogP contribution in [0.3, 0.4) is 0 Å². The van der Waals surface area contributed by atoms with Gasteiger partial charge in [-0.1, -0.05) is 18.5 Å². The highest BCUT2D eigenvalue weighted by molar-refractivity contribution is 6.55. The Balaban J connectivity index is 2.39. The zero-order valence-electron chi connectivity index (χ0n) is 10.6. The number of nitro benzene ring substituents is 1. The molecule has 1 aromatic rings. The SMILES string of the molecule is CCCN1C(=O)C(Cl)=C(c2ccc([N+](=O)[O-])cc2)C1=O. The molecule has 0 radical (unpaired) electrons. The van der Waals surface area contributed by atoms with E-state index in [2.05, 4.69) is 0 Å². The second kappa shape index (κ2) is 5.42. The third-order valence-corrected chi connectivity index (χ3v) is 3.28. The van der Waals surface area contributed by atoms with Crippen LogP contribution < -0.4 is 0 Å². The van der Waals surface area contributed by atoms with Crippen molar-refractivity contribution in [3.63, 3.8) is 0 Å². The minimum Gasteiger partial charge on any atom is -0.274 e. The van der Waals surface area contributed by atoms with Crippen LogP contribution in [-0.4, -0.2) is 28.2 Å². The Labute approximate surface area is 119 Å². The molecular weight excluding hydrogens is 284 g/mol. The van der Waals surface area contributed by atoms with Gasteiger partial charge in [-0.3, -0.25) is 24.6 Å². The van der Waals surface area contributed by atoms with Crippen molar-refractivity contribution in [3.05, 3.63) is 45.0 Å². The average molecular weight is 295 g/mol. The van der Waals surface area contributed by atoms with E-state index in [1.807, 2.05) is 6.92 Å². The van der Waals surface area contributed by atoms with E-state index in [1.165, 1.54) is 24.3 Å². The molecule has 2 amide bonds. The maximum atomic E-state index is 12.2. The van der Waals surface area contributed by atoms with Crippen molar-refractivity contribution < 1.29 is 14.5 Å². The molecule has 1 heterocycles. The highest BCUT2D eigenvalue weighted by Gasteiger charge is 2.37. The molecule has 0 unspecified atom stereocenters. The molecule has 0 aromatic heterocycles. The Hall–Kier alpha value is -2.21. The molecular formula is C13H11ClN2O4. The van der Waals surface area contributed by atoms with Gasteiger partial charge in [-0.05, 0) is 24.1 Å². The quantitative estimate of drug-likeness (QED) is 0.485. The Kier molecular flexibility index (Phi) is 3.85. The van der Waals surface area contributed by atoms with E-state index in [0.29, 0.717) is 18.5 Å². The first-order chi connectivity index (χ1) is 9.47. The van der Waals surface area contributed by atoms with Gasteiger partial charge in [0.25, 0.3) is 17.5 Å². The van der Waals surface area contributed by atoms with Crippen LogP contribution in [0.5, 0.6) is 0 Å². The maximum Gasteiger partial charge on any atom is 0.273 e. The number of carbonyl (C=O) groups excluding carboxylic acids is 2.